The van der Waals surface area contributed by atoms with E-state index in [1.807, 2.05) is 24.3 Å². The molecule has 0 aliphatic rings. The third kappa shape index (κ3) is 4.04. The van der Waals surface area contributed by atoms with E-state index >= 15 is 0 Å². The minimum Gasteiger partial charge on any atom is -0.369 e. The zero-order chi connectivity index (χ0) is 15.2. The first-order valence-corrected chi connectivity index (χ1v) is 8.81. The summed E-state index contributed by atoms with van der Waals surface area (Å²) in [7, 11) is 0. The molecule has 0 aliphatic carbocycles. The molecule has 3 nitrogen and oxygen atoms in total. The average molecular weight is 413 g/mol. The van der Waals surface area contributed by atoms with Gasteiger partial charge in [0.25, 0.3) is 0 Å². The lowest BCUT2D eigenvalue weighted by atomic mass is 10.2. The predicted molar refractivity (Wildman–Crippen MR) is 95.6 cm³/mol. The fourth-order valence-electron chi connectivity index (χ4n) is 2.02. The van der Waals surface area contributed by atoms with Crippen molar-refractivity contribution < 1.29 is 0 Å². The topological polar surface area (TPSA) is 37.8 Å². The Labute approximate surface area is 142 Å². The molecule has 0 atom stereocenters. The first kappa shape index (κ1) is 16.4. The normalized spacial score (nSPS) is 10.7. The monoisotopic (exact) mass is 411 g/mol. The molecule has 2 rings (SSSR count). The van der Waals surface area contributed by atoms with E-state index in [-0.39, 0.29) is 0 Å². The van der Waals surface area contributed by atoms with Crippen LogP contribution >= 0.6 is 31.9 Å². The van der Waals surface area contributed by atoms with Crippen LogP contribution in [-0.2, 0) is 6.42 Å². The SMILES string of the molecule is CCCNc1nc(-c2ccccc2Br)nc(CCC)c1Br. The summed E-state index contributed by atoms with van der Waals surface area (Å²) in [5, 5.41) is 3.38. The zero-order valence-electron chi connectivity index (χ0n) is 12.3. The van der Waals surface area contributed by atoms with E-state index in [0.29, 0.717) is 0 Å². The van der Waals surface area contributed by atoms with E-state index in [1.165, 1.54) is 0 Å². The summed E-state index contributed by atoms with van der Waals surface area (Å²) in [6.07, 6.45) is 3.05. The molecule has 0 radical (unpaired) electrons. The highest BCUT2D eigenvalue weighted by molar-refractivity contribution is 9.11. The van der Waals surface area contributed by atoms with Gasteiger partial charge in [-0.2, -0.15) is 0 Å². The van der Waals surface area contributed by atoms with Gasteiger partial charge in [-0.05, 0) is 34.8 Å². The first-order valence-electron chi connectivity index (χ1n) is 7.22. The highest BCUT2D eigenvalue weighted by Gasteiger charge is 2.14. The number of rotatable bonds is 6. The number of nitrogens with zero attached hydrogens (tertiary/aromatic N) is 2. The van der Waals surface area contributed by atoms with Crippen LogP contribution in [0.2, 0.25) is 0 Å². The standard InChI is InChI=1S/C16H19Br2N3/c1-3-7-13-14(18)16(19-10-4-2)21-15(20-13)11-8-5-6-9-12(11)17/h5-6,8-9H,3-4,7,10H2,1-2H3,(H,19,20,21). The fraction of sp³-hybridized carbons (Fsp3) is 0.375. The number of aromatic nitrogens is 2. The van der Waals surface area contributed by atoms with Gasteiger partial charge in [-0.1, -0.05) is 54.4 Å². The van der Waals surface area contributed by atoms with Gasteiger partial charge in [0.15, 0.2) is 5.82 Å². The van der Waals surface area contributed by atoms with Crippen LogP contribution in [0, 0.1) is 0 Å². The maximum Gasteiger partial charge on any atom is 0.162 e. The van der Waals surface area contributed by atoms with Crippen molar-refractivity contribution in [2.75, 3.05) is 11.9 Å². The van der Waals surface area contributed by atoms with Crippen molar-refractivity contribution in [3.63, 3.8) is 0 Å². The number of aryl methyl sites for hydroxylation is 1. The van der Waals surface area contributed by atoms with Gasteiger partial charge in [-0.15, -0.1) is 0 Å². The van der Waals surface area contributed by atoms with E-state index in [0.717, 1.165) is 57.7 Å². The number of halogens is 2. The molecule has 0 spiro atoms. The lowest BCUT2D eigenvalue weighted by molar-refractivity contribution is 0.864. The number of benzene rings is 1. The smallest absolute Gasteiger partial charge is 0.162 e. The number of nitrogens with one attached hydrogen (secondary N) is 1. The van der Waals surface area contributed by atoms with Crippen LogP contribution in [-0.4, -0.2) is 16.5 Å². The highest BCUT2D eigenvalue weighted by Crippen LogP contribution is 2.31. The molecule has 0 aliphatic heterocycles. The quantitative estimate of drug-likeness (QED) is 0.685. The third-order valence-corrected chi connectivity index (χ3v) is 4.59. The second kappa shape index (κ2) is 7.90. The lowest BCUT2D eigenvalue weighted by Gasteiger charge is -2.13. The van der Waals surface area contributed by atoms with Crippen molar-refractivity contribution in [3.8, 4) is 11.4 Å². The van der Waals surface area contributed by atoms with Crippen LogP contribution in [0.15, 0.2) is 33.2 Å². The maximum atomic E-state index is 4.73. The Kier molecular flexibility index (Phi) is 6.18. The molecular weight excluding hydrogens is 394 g/mol. The van der Waals surface area contributed by atoms with Gasteiger partial charge in [0.05, 0.1) is 10.2 Å². The molecule has 5 heteroatoms. The van der Waals surface area contributed by atoms with Crippen LogP contribution in [0.1, 0.15) is 32.4 Å². The Morgan fingerprint density at radius 2 is 1.81 bits per heavy atom. The average Bonchev–Trinajstić information content (AvgIpc) is 2.49. The predicted octanol–water partition coefficient (Wildman–Crippen LogP) is 5.44. The van der Waals surface area contributed by atoms with Crippen molar-refractivity contribution in [3.05, 3.63) is 38.9 Å². The van der Waals surface area contributed by atoms with E-state index in [1.54, 1.807) is 0 Å². The molecule has 0 saturated carbocycles. The van der Waals surface area contributed by atoms with E-state index in [4.69, 9.17) is 4.98 Å². The second-order valence-electron chi connectivity index (χ2n) is 4.81. The molecule has 1 N–H and O–H groups in total. The van der Waals surface area contributed by atoms with Gasteiger partial charge in [-0.3, -0.25) is 0 Å². The molecule has 112 valence electrons. The molecule has 0 saturated heterocycles. The third-order valence-electron chi connectivity index (χ3n) is 3.06. The summed E-state index contributed by atoms with van der Waals surface area (Å²) >= 11 is 7.22. The second-order valence-corrected chi connectivity index (χ2v) is 6.46. The van der Waals surface area contributed by atoms with Crippen LogP contribution in [0.25, 0.3) is 11.4 Å². The molecule has 1 aromatic carbocycles. The van der Waals surface area contributed by atoms with Crippen molar-refractivity contribution in [2.45, 2.75) is 33.1 Å². The summed E-state index contributed by atoms with van der Waals surface area (Å²) in [5.74, 6) is 1.63. The van der Waals surface area contributed by atoms with Crippen LogP contribution in [0.3, 0.4) is 0 Å². The highest BCUT2D eigenvalue weighted by atomic mass is 79.9. The van der Waals surface area contributed by atoms with Crippen molar-refractivity contribution in [1.82, 2.24) is 9.97 Å². The summed E-state index contributed by atoms with van der Waals surface area (Å²) in [4.78, 5) is 9.42. The Morgan fingerprint density at radius 1 is 1.05 bits per heavy atom. The molecule has 0 unspecified atom stereocenters. The summed E-state index contributed by atoms with van der Waals surface area (Å²) in [6, 6.07) is 8.05. The minimum absolute atomic E-state index is 0.757. The number of anilines is 1. The fourth-order valence-corrected chi connectivity index (χ4v) is 3.00. The molecule has 21 heavy (non-hydrogen) atoms. The number of hydrogen-bond donors (Lipinski definition) is 1. The minimum atomic E-state index is 0.757. The van der Waals surface area contributed by atoms with Crippen LogP contribution in [0.5, 0.6) is 0 Å². The van der Waals surface area contributed by atoms with Gasteiger partial charge < -0.3 is 5.32 Å². The molecule has 0 amide bonds. The van der Waals surface area contributed by atoms with E-state index in [2.05, 4.69) is 56.0 Å². The van der Waals surface area contributed by atoms with Gasteiger partial charge in [0.2, 0.25) is 0 Å². The zero-order valence-corrected chi connectivity index (χ0v) is 15.5. The summed E-state index contributed by atoms with van der Waals surface area (Å²) in [5.41, 5.74) is 2.07. The Balaban J connectivity index is 2.50. The number of hydrogen-bond acceptors (Lipinski definition) is 3. The Bertz CT molecular complexity index is 614. The molecular formula is C16H19Br2N3. The van der Waals surface area contributed by atoms with Gasteiger partial charge >= 0.3 is 0 Å². The summed E-state index contributed by atoms with van der Waals surface area (Å²) in [6.45, 7) is 5.20. The van der Waals surface area contributed by atoms with Crippen molar-refractivity contribution >= 4 is 37.7 Å². The lowest BCUT2D eigenvalue weighted by Crippen LogP contribution is -2.07. The van der Waals surface area contributed by atoms with Gasteiger partial charge in [0, 0.05) is 16.6 Å². The van der Waals surface area contributed by atoms with Crippen LogP contribution in [0.4, 0.5) is 5.82 Å². The summed E-state index contributed by atoms with van der Waals surface area (Å²) < 4.78 is 1.99. The van der Waals surface area contributed by atoms with Crippen LogP contribution < -0.4 is 5.32 Å². The van der Waals surface area contributed by atoms with E-state index in [9.17, 15) is 0 Å². The van der Waals surface area contributed by atoms with Gasteiger partial charge in [-0.25, -0.2) is 9.97 Å². The molecule has 1 heterocycles. The van der Waals surface area contributed by atoms with Gasteiger partial charge in [0.1, 0.15) is 5.82 Å². The molecule has 2 aromatic rings. The maximum absolute atomic E-state index is 4.73. The van der Waals surface area contributed by atoms with Crippen molar-refractivity contribution in [2.24, 2.45) is 0 Å². The Hall–Kier alpha value is -0.940. The molecule has 0 fully saturated rings. The van der Waals surface area contributed by atoms with Crippen molar-refractivity contribution in [1.29, 1.82) is 0 Å². The Morgan fingerprint density at radius 3 is 2.48 bits per heavy atom. The first-order chi connectivity index (χ1) is 10.2. The van der Waals surface area contributed by atoms with E-state index < -0.39 is 0 Å². The molecule has 1 aromatic heterocycles. The largest absolute Gasteiger partial charge is 0.369 e. The molecule has 0 bridgehead atoms.